The van der Waals surface area contributed by atoms with Crippen LogP contribution in [0.15, 0.2) is 22.7 Å². The molecule has 1 aliphatic rings. The molecule has 0 bridgehead atoms. The molecule has 1 aromatic rings. The molecule has 0 amide bonds. The standard InChI is InChI=1S/C17H20BrFO4/c18-14-10-13(19)6-7-15(14)23-17(21)9-8-16(20)22-11-12-4-2-1-3-5-12/h6-7,10,12H,1-5,8-9,11H2. The van der Waals surface area contributed by atoms with Crippen LogP contribution in [0.25, 0.3) is 0 Å². The maximum absolute atomic E-state index is 12.9. The van der Waals surface area contributed by atoms with Crippen molar-refractivity contribution in [1.82, 2.24) is 0 Å². The van der Waals surface area contributed by atoms with Gasteiger partial charge in [-0.15, -0.1) is 0 Å². The Morgan fingerprint density at radius 2 is 1.83 bits per heavy atom. The molecule has 6 heteroatoms. The van der Waals surface area contributed by atoms with Crippen LogP contribution >= 0.6 is 15.9 Å². The van der Waals surface area contributed by atoms with Crippen molar-refractivity contribution in [2.45, 2.75) is 44.9 Å². The fourth-order valence-corrected chi connectivity index (χ4v) is 3.00. The molecule has 0 N–H and O–H groups in total. The Balaban J connectivity index is 1.68. The summed E-state index contributed by atoms with van der Waals surface area (Å²) in [5.74, 6) is -0.678. The van der Waals surface area contributed by atoms with Crippen LogP contribution in [-0.4, -0.2) is 18.5 Å². The van der Waals surface area contributed by atoms with Crippen LogP contribution in [0.3, 0.4) is 0 Å². The largest absolute Gasteiger partial charge is 0.465 e. The second kappa shape index (κ2) is 9.01. The molecular formula is C17H20BrFO4. The van der Waals surface area contributed by atoms with Crippen LogP contribution in [-0.2, 0) is 14.3 Å². The summed E-state index contributed by atoms with van der Waals surface area (Å²) < 4.78 is 23.6. The van der Waals surface area contributed by atoms with Crippen LogP contribution in [0.5, 0.6) is 5.75 Å². The summed E-state index contributed by atoms with van der Waals surface area (Å²) in [4.78, 5) is 23.4. The smallest absolute Gasteiger partial charge is 0.311 e. The van der Waals surface area contributed by atoms with E-state index in [1.807, 2.05) is 0 Å². The molecule has 0 atom stereocenters. The Hall–Kier alpha value is -1.43. The summed E-state index contributed by atoms with van der Waals surface area (Å²) in [6.45, 7) is 0.442. The Labute approximate surface area is 143 Å². The molecule has 0 unspecified atom stereocenters. The van der Waals surface area contributed by atoms with Gasteiger partial charge in [0.25, 0.3) is 0 Å². The lowest BCUT2D eigenvalue weighted by atomic mass is 9.90. The van der Waals surface area contributed by atoms with E-state index in [9.17, 15) is 14.0 Å². The molecule has 126 valence electrons. The van der Waals surface area contributed by atoms with Gasteiger partial charge in [0.15, 0.2) is 0 Å². The normalized spacial score (nSPS) is 15.2. The molecule has 4 nitrogen and oxygen atoms in total. The second-order valence-electron chi connectivity index (χ2n) is 5.74. The van der Waals surface area contributed by atoms with Crippen LogP contribution in [0.4, 0.5) is 4.39 Å². The van der Waals surface area contributed by atoms with Gasteiger partial charge in [-0.25, -0.2) is 4.39 Å². The van der Waals surface area contributed by atoms with Gasteiger partial charge >= 0.3 is 11.9 Å². The van der Waals surface area contributed by atoms with Crippen molar-refractivity contribution in [3.8, 4) is 5.75 Å². The SMILES string of the molecule is O=C(CCC(=O)Oc1ccc(F)cc1Br)OCC1CCCCC1. The number of halogens is 2. The maximum atomic E-state index is 12.9. The van der Waals surface area contributed by atoms with Crippen LogP contribution in [0, 0.1) is 11.7 Å². The Kier molecular flexibility index (Phi) is 7.02. The van der Waals surface area contributed by atoms with Crippen molar-refractivity contribution >= 4 is 27.9 Å². The average Bonchev–Trinajstić information content (AvgIpc) is 2.54. The summed E-state index contributed by atoms with van der Waals surface area (Å²) in [7, 11) is 0. The van der Waals surface area contributed by atoms with Gasteiger partial charge in [-0.1, -0.05) is 19.3 Å². The molecule has 1 aromatic carbocycles. The van der Waals surface area contributed by atoms with Gasteiger partial charge in [-0.05, 0) is 52.9 Å². The zero-order valence-electron chi connectivity index (χ0n) is 12.9. The number of hydrogen-bond donors (Lipinski definition) is 0. The molecule has 1 aliphatic carbocycles. The highest BCUT2D eigenvalue weighted by molar-refractivity contribution is 9.10. The van der Waals surface area contributed by atoms with Crippen LogP contribution in [0.1, 0.15) is 44.9 Å². The molecular weight excluding hydrogens is 367 g/mol. The van der Waals surface area contributed by atoms with E-state index in [2.05, 4.69) is 15.9 Å². The van der Waals surface area contributed by atoms with Crippen molar-refractivity contribution < 1.29 is 23.5 Å². The van der Waals surface area contributed by atoms with E-state index in [-0.39, 0.29) is 24.6 Å². The van der Waals surface area contributed by atoms with E-state index in [1.165, 1.54) is 37.5 Å². The maximum Gasteiger partial charge on any atom is 0.311 e. The molecule has 0 spiro atoms. The first kappa shape index (κ1) is 17.9. The van der Waals surface area contributed by atoms with E-state index in [4.69, 9.17) is 9.47 Å². The third-order valence-electron chi connectivity index (χ3n) is 3.86. The summed E-state index contributed by atoms with van der Waals surface area (Å²) in [6, 6.07) is 3.77. The molecule has 0 radical (unpaired) electrons. The minimum atomic E-state index is -0.549. The molecule has 1 fully saturated rings. The summed E-state index contributed by atoms with van der Waals surface area (Å²) >= 11 is 3.12. The van der Waals surface area contributed by atoms with Crippen molar-refractivity contribution in [2.75, 3.05) is 6.61 Å². The summed E-state index contributed by atoms with van der Waals surface area (Å²) in [6.07, 6.45) is 5.79. The second-order valence-corrected chi connectivity index (χ2v) is 6.59. The van der Waals surface area contributed by atoms with Gasteiger partial charge in [-0.3, -0.25) is 9.59 Å². The van der Waals surface area contributed by atoms with Gasteiger partial charge in [0, 0.05) is 0 Å². The first-order valence-electron chi connectivity index (χ1n) is 7.86. The van der Waals surface area contributed by atoms with Gasteiger partial charge in [0.1, 0.15) is 11.6 Å². The topological polar surface area (TPSA) is 52.6 Å². The van der Waals surface area contributed by atoms with E-state index < -0.39 is 11.8 Å². The first-order valence-corrected chi connectivity index (χ1v) is 8.65. The van der Waals surface area contributed by atoms with Gasteiger partial charge in [0.2, 0.25) is 0 Å². The van der Waals surface area contributed by atoms with Crippen molar-refractivity contribution in [3.63, 3.8) is 0 Å². The van der Waals surface area contributed by atoms with Crippen molar-refractivity contribution in [2.24, 2.45) is 5.92 Å². The third-order valence-corrected chi connectivity index (χ3v) is 4.48. The molecule has 0 heterocycles. The van der Waals surface area contributed by atoms with Crippen molar-refractivity contribution in [1.29, 1.82) is 0 Å². The number of carbonyl (C=O) groups excluding carboxylic acids is 2. The lowest BCUT2D eigenvalue weighted by Gasteiger charge is -2.20. The summed E-state index contributed by atoms with van der Waals surface area (Å²) in [5.41, 5.74) is 0. The quantitative estimate of drug-likeness (QED) is 0.537. The zero-order valence-corrected chi connectivity index (χ0v) is 14.4. The van der Waals surface area contributed by atoms with Crippen LogP contribution in [0.2, 0.25) is 0 Å². The van der Waals surface area contributed by atoms with Gasteiger partial charge in [0.05, 0.1) is 23.9 Å². The first-order chi connectivity index (χ1) is 11.0. The van der Waals surface area contributed by atoms with Crippen LogP contribution < -0.4 is 4.74 Å². The highest BCUT2D eigenvalue weighted by Crippen LogP contribution is 2.26. The number of hydrogen-bond acceptors (Lipinski definition) is 4. The molecule has 0 aliphatic heterocycles. The molecule has 0 saturated heterocycles. The van der Waals surface area contributed by atoms with Crippen molar-refractivity contribution in [3.05, 3.63) is 28.5 Å². The average molecular weight is 387 g/mol. The third kappa shape index (κ3) is 6.29. The number of carbonyl (C=O) groups is 2. The van der Waals surface area contributed by atoms with Gasteiger partial charge < -0.3 is 9.47 Å². The highest BCUT2D eigenvalue weighted by Gasteiger charge is 2.17. The Morgan fingerprint density at radius 1 is 1.13 bits per heavy atom. The summed E-state index contributed by atoms with van der Waals surface area (Å²) in [5, 5.41) is 0. The zero-order chi connectivity index (χ0) is 16.7. The number of rotatable bonds is 6. The predicted molar refractivity (Wildman–Crippen MR) is 86.5 cm³/mol. The van der Waals surface area contributed by atoms with E-state index in [0.29, 0.717) is 17.0 Å². The molecule has 1 saturated carbocycles. The Bertz CT molecular complexity index is 556. The fourth-order valence-electron chi connectivity index (χ4n) is 2.57. The lowest BCUT2D eigenvalue weighted by molar-refractivity contribution is -0.148. The number of esters is 2. The highest BCUT2D eigenvalue weighted by atomic mass is 79.9. The monoisotopic (exact) mass is 386 g/mol. The number of ether oxygens (including phenoxy) is 2. The molecule has 23 heavy (non-hydrogen) atoms. The minimum absolute atomic E-state index is 0.00956. The van der Waals surface area contributed by atoms with E-state index in [0.717, 1.165) is 12.8 Å². The molecule has 0 aromatic heterocycles. The lowest BCUT2D eigenvalue weighted by Crippen LogP contribution is -2.18. The van der Waals surface area contributed by atoms with E-state index in [1.54, 1.807) is 0 Å². The predicted octanol–water partition coefficient (Wildman–Crippen LogP) is 4.40. The Morgan fingerprint density at radius 3 is 2.52 bits per heavy atom. The minimum Gasteiger partial charge on any atom is -0.465 e. The van der Waals surface area contributed by atoms with E-state index >= 15 is 0 Å². The fraction of sp³-hybridized carbons (Fsp3) is 0.529. The number of benzene rings is 1. The van der Waals surface area contributed by atoms with Gasteiger partial charge in [-0.2, -0.15) is 0 Å². The molecule has 2 rings (SSSR count).